The molecule has 0 aliphatic carbocycles. The Morgan fingerprint density at radius 3 is 2.44 bits per heavy atom. The van der Waals surface area contributed by atoms with E-state index in [0.29, 0.717) is 36.8 Å². The highest BCUT2D eigenvalue weighted by Crippen LogP contribution is 2.29. The smallest absolute Gasteiger partial charge is 0.254 e. The van der Waals surface area contributed by atoms with Crippen molar-refractivity contribution >= 4 is 5.91 Å². The molecule has 0 spiro atoms. The first-order valence-electron chi connectivity index (χ1n) is 8.66. The van der Waals surface area contributed by atoms with Crippen LogP contribution in [-0.2, 0) is 6.54 Å². The third kappa shape index (κ3) is 4.95. The van der Waals surface area contributed by atoms with E-state index in [1.165, 1.54) is 0 Å². The van der Waals surface area contributed by atoms with Crippen molar-refractivity contribution < 1.29 is 14.3 Å². The molecule has 0 saturated carbocycles. The molecule has 134 valence electrons. The largest absolute Gasteiger partial charge is 0.490 e. The summed E-state index contributed by atoms with van der Waals surface area (Å²) in [7, 11) is 0. The van der Waals surface area contributed by atoms with Crippen molar-refractivity contribution in [3.63, 3.8) is 0 Å². The molecule has 0 N–H and O–H groups in total. The number of benzene rings is 1. The second kappa shape index (κ2) is 9.06. The molecule has 2 rings (SSSR count). The maximum Gasteiger partial charge on any atom is 0.254 e. The maximum absolute atomic E-state index is 13.0. The van der Waals surface area contributed by atoms with E-state index in [1.807, 2.05) is 44.7 Å². The van der Waals surface area contributed by atoms with Gasteiger partial charge in [-0.1, -0.05) is 6.07 Å². The summed E-state index contributed by atoms with van der Waals surface area (Å²) >= 11 is 0. The number of carbonyl (C=O) groups is 1. The second-order valence-electron chi connectivity index (χ2n) is 5.92. The van der Waals surface area contributed by atoms with Crippen molar-refractivity contribution in [2.75, 3.05) is 13.2 Å². The lowest BCUT2D eigenvalue weighted by atomic mass is 10.1. The zero-order chi connectivity index (χ0) is 18.2. The first-order chi connectivity index (χ1) is 12.1. The van der Waals surface area contributed by atoms with E-state index in [-0.39, 0.29) is 11.9 Å². The lowest BCUT2D eigenvalue weighted by Gasteiger charge is -2.27. The van der Waals surface area contributed by atoms with E-state index in [1.54, 1.807) is 30.6 Å². The molecule has 0 atom stereocenters. The molecule has 0 bridgehead atoms. The van der Waals surface area contributed by atoms with Gasteiger partial charge in [-0.25, -0.2) is 0 Å². The average molecular weight is 342 g/mol. The van der Waals surface area contributed by atoms with Gasteiger partial charge in [-0.2, -0.15) is 0 Å². The van der Waals surface area contributed by atoms with Crippen molar-refractivity contribution in [3.05, 3.63) is 53.9 Å². The summed E-state index contributed by atoms with van der Waals surface area (Å²) in [5, 5.41) is 0. The van der Waals surface area contributed by atoms with Gasteiger partial charge in [0.2, 0.25) is 0 Å². The number of carbonyl (C=O) groups excluding carboxylic acids is 1. The molecule has 1 aromatic carbocycles. The van der Waals surface area contributed by atoms with E-state index in [2.05, 4.69) is 4.98 Å². The van der Waals surface area contributed by atoms with Gasteiger partial charge < -0.3 is 14.4 Å². The predicted octanol–water partition coefficient (Wildman–Crippen LogP) is 3.93. The number of amides is 1. The molecule has 0 aliphatic rings. The summed E-state index contributed by atoms with van der Waals surface area (Å²) in [5.41, 5.74) is 1.59. The minimum Gasteiger partial charge on any atom is -0.490 e. The van der Waals surface area contributed by atoms with Crippen molar-refractivity contribution in [1.29, 1.82) is 0 Å². The van der Waals surface area contributed by atoms with Crippen LogP contribution in [0.25, 0.3) is 0 Å². The summed E-state index contributed by atoms with van der Waals surface area (Å²) in [6.45, 7) is 9.42. The zero-order valence-corrected chi connectivity index (χ0v) is 15.4. The van der Waals surface area contributed by atoms with Crippen LogP contribution in [0.5, 0.6) is 11.5 Å². The normalized spacial score (nSPS) is 10.6. The van der Waals surface area contributed by atoms with Gasteiger partial charge in [0.05, 0.1) is 13.2 Å². The fraction of sp³-hybridized carbons (Fsp3) is 0.400. The van der Waals surface area contributed by atoms with Crippen LogP contribution in [0.1, 0.15) is 43.6 Å². The van der Waals surface area contributed by atoms with Crippen molar-refractivity contribution in [2.45, 2.75) is 40.3 Å². The molecule has 0 fully saturated rings. The molecule has 1 aromatic heterocycles. The Bertz CT molecular complexity index is 687. The highest BCUT2D eigenvalue weighted by atomic mass is 16.5. The average Bonchev–Trinajstić information content (AvgIpc) is 2.61. The third-order valence-corrected chi connectivity index (χ3v) is 3.75. The van der Waals surface area contributed by atoms with Gasteiger partial charge in [0.15, 0.2) is 11.5 Å². The fourth-order valence-corrected chi connectivity index (χ4v) is 2.53. The molecular weight excluding hydrogens is 316 g/mol. The molecule has 5 heteroatoms. The summed E-state index contributed by atoms with van der Waals surface area (Å²) in [4.78, 5) is 19.0. The van der Waals surface area contributed by atoms with Gasteiger partial charge in [0.1, 0.15) is 0 Å². The number of hydrogen-bond acceptors (Lipinski definition) is 4. The Labute approximate surface area is 149 Å². The standard InChI is InChI=1S/C20H26N2O3/c1-5-24-18-10-9-17(12-19(18)25-6-2)20(23)22(15(3)4)14-16-8-7-11-21-13-16/h7-13,15H,5-6,14H2,1-4H3. The quantitative estimate of drug-likeness (QED) is 0.729. The summed E-state index contributed by atoms with van der Waals surface area (Å²) < 4.78 is 11.2. The molecule has 1 amide bonds. The SMILES string of the molecule is CCOc1ccc(C(=O)N(Cc2cccnc2)C(C)C)cc1OCC. The number of aromatic nitrogens is 1. The van der Waals surface area contributed by atoms with E-state index in [9.17, 15) is 4.79 Å². The Balaban J connectivity index is 2.27. The van der Waals surface area contributed by atoms with E-state index < -0.39 is 0 Å². The highest BCUT2D eigenvalue weighted by Gasteiger charge is 2.21. The number of pyridine rings is 1. The first-order valence-corrected chi connectivity index (χ1v) is 8.66. The van der Waals surface area contributed by atoms with Crippen LogP contribution in [0.15, 0.2) is 42.7 Å². The minimum absolute atomic E-state index is 0.0390. The third-order valence-electron chi connectivity index (χ3n) is 3.75. The zero-order valence-electron chi connectivity index (χ0n) is 15.4. The molecule has 0 aliphatic heterocycles. The van der Waals surface area contributed by atoms with Gasteiger partial charge in [-0.05, 0) is 57.5 Å². The van der Waals surface area contributed by atoms with Crippen LogP contribution in [0.3, 0.4) is 0 Å². The van der Waals surface area contributed by atoms with Crippen LogP contribution in [-0.4, -0.2) is 35.0 Å². The van der Waals surface area contributed by atoms with Gasteiger partial charge in [0.25, 0.3) is 5.91 Å². The van der Waals surface area contributed by atoms with Gasteiger partial charge >= 0.3 is 0 Å². The molecule has 1 heterocycles. The molecule has 25 heavy (non-hydrogen) atoms. The van der Waals surface area contributed by atoms with Crippen LogP contribution in [0, 0.1) is 0 Å². The Hall–Kier alpha value is -2.56. The summed E-state index contributed by atoms with van der Waals surface area (Å²) in [5.74, 6) is 1.22. The second-order valence-corrected chi connectivity index (χ2v) is 5.92. The van der Waals surface area contributed by atoms with E-state index >= 15 is 0 Å². The fourth-order valence-electron chi connectivity index (χ4n) is 2.53. The molecule has 0 unspecified atom stereocenters. The van der Waals surface area contributed by atoms with Crippen molar-refractivity contribution in [3.8, 4) is 11.5 Å². The molecular formula is C20H26N2O3. The first kappa shape index (κ1) is 18.8. The van der Waals surface area contributed by atoms with E-state index in [4.69, 9.17) is 9.47 Å². The van der Waals surface area contributed by atoms with Crippen LogP contribution in [0.4, 0.5) is 0 Å². The number of ether oxygens (including phenoxy) is 2. The lowest BCUT2D eigenvalue weighted by Crippen LogP contribution is -2.36. The van der Waals surface area contributed by atoms with Crippen LogP contribution in [0.2, 0.25) is 0 Å². The highest BCUT2D eigenvalue weighted by molar-refractivity contribution is 5.95. The monoisotopic (exact) mass is 342 g/mol. The molecule has 2 aromatic rings. The van der Waals surface area contributed by atoms with Crippen molar-refractivity contribution in [1.82, 2.24) is 9.88 Å². The minimum atomic E-state index is -0.0390. The maximum atomic E-state index is 13.0. The van der Waals surface area contributed by atoms with Crippen molar-refractivity contribution in [2.24, 2.45) is 0 Å². The Morgan fingerprint density at radius 1 is 1.12 bits per heavy atom. The van der Waals surface area contributed by atoms with E-state index in [0.717, 1.165) is 5.56 Å². The number of hydrogen-bond donors (Lipinski definition) is 0. The van der Waals surface area contributed by atoms with Crippen LogP contribution < -0.4 is 9.47 Å². The molecule has 5 nitrogen and oxygen atoms in total. The van der Waals surface area contributed by atoms with Gasteiger partial charge in [-0.3, -0.25) is 9.78 Å². The molecule has 0 saturated heterocycles. The number of rotatable bonds is 8. The predicted molar refractivity (Wildman–Crippen MR) is 98.0 cm³/mol. The van der Waals surface area contributed by atoms with Gasteiger partial charge in [0, 0.05) is 30.5 Å². The molecule has 0 radical (unpaired) electrons. The Kier molecular flexibility index (Phi) is 6.81. The van der Waals surface area contributed by atoms with Crippen LogP contribution >= 0.6 is 0 Å². The Morgan fingerprint density at radius 2 is 1.84 bits per heavy atom. The van der Waals surface area contributed by atoms with Gasteiger partial charge in [-0.15, -0.1) is 0 Å². The summed E-state index contributed by atoms with van der Waals surface area (Å²) in [6, 6.07) is 9.26. The number of nitrogens with zero attached hydrogens (tertiary/aromatic N) is 2. The summed E-state index contributed by atoms with van der Waals surface area (Å²) in [6.07, 6.45) is 3.51. The topological polar surface area (TPSA) is 51.7 Å². The lowest BCUT2D eigenvalue weighted by molar-refractivity contribution is 0.0689.